The van der Waals surface area contributed by atoms with Crippen molar-refractivity contribution >= 4 is 0 Å². The van der Waals surface area contributed by atoms with Gasteiger partial charge in [0.2, 0.25) is 0 Å². The van der Waals surface area contributed by atoms with Crippen molar-refractivity contribution in [1.29, 1.82) is 0 Å². The van der Waals surface area contributed by atoms with Gasteiger partial charge in [-0.05, 0) is 43.0 Å². The predicted molar refractivity (Wildman–Crippen MR) is 77.2 cm³/mol. The largest absolute Gasteiger partial charge is 0.489 e. The van der Waals surface area contributed by atoms with Gasteiger partial charge < -0.3 is 9.84 Å². The second kappa shape index (κ2) is 6.95. The summed E-state index contributed by atoms with van der Waals surface area (Å²) in [7, 11) is 0. The van der Waals surface area contributed by atoms with Crippen LogP contribution >= 0.6 is 0 Å². The van der Waals surface area contributed by atoms with E-state index in [4.69, 9.17) is 4.74 Å². The number of aliphatic hydroxyl groups is 1. The lowest BCUT2D eigenvalue weighted by atomic mass is 10.1. The lowest BCUT2D eigenvalue weighted by Crippen LogP contribution is -2.01. The highest BCUT2D eigenvalue weighted by Crippen LogP contribution is 2.15. The molecule has 19 heavy (non-hydrogen) atoms. The first kappa shape index (κ1) is 13.6. The molecule has 0 aliphatic heterocycles. The third-order valence-electron chi connectivity index (χ3n) is 3.02. The number of hydrogen-bond donors (Lipinski definition) is 1. The van der Waals surface area contributed by atoms with Crippen LogP contribution in [0.4, 0.5) is 0 Å². The van der Waals surface area contributed by atoms with Crippen LogP contribution in [0.1, 0.15) is 24.5 Å². The summed E-state index contributed by atoms with van der Waals surface area (Å²) in [6.45, 7) is 2.41. The fraction of sp³-hybridized carbons (Fsp3) is 0.294. The van der Waals surface area contributed by atoms with Gasteiger partial charge in [0.15, 0.2) is 0 Å². The molecule has 1 N–H and O–H groups in total. The minimum absolute atomic E-state index is 0.242. The molecular formula is C17H20O2. The van der Waals surface area contributed by atoms with Crippen LogP contribution in [0.3, 0.4) is 0 Å². The molecule has 0 aliphatic rings. The van der Waals surface area contributed by atoms with E-state index in [1.807, 2.05) is 37.3 Å². The Kier molecular flexibility index (Phi) is 4.99. The van der Waals surface area contributed by atoms with E-state index in [0.717, 1.165) is 18.6 Å². The zero-order valence-corrected chi connectivity index (χ0v) is 11.3. The molecule has 2 aromatic carbocycles. The average Bonchev–Trinajstić information content (AvgIpc) is 2.45. The Morgan fingerprint density at radius 2 is 1.63 bits per heavy atom. The van der Waals surface area contributed by atoms with Crippen molar-refractivity contribution in [2.75, 3.05) is 0 Å². The van der Waals surface area contributed by atoms with E-state index in [1.54, 1.807) is 0 Å². The van der Waals surface area contributed by atoms with Crippen LogP contribution in [0, 0.1) is 0 Å². The van der Waals surface area contributed by atoms with Gasteiger partial charge in [-0.15, -0.1) is 0 Å². The maximum Gasteiger partial charge on any atom is 0.119 e. The molecule has 2 aromatic rings. The normalized spacial score (nSPS) is 12.1. The van der Waals surface area contributed by atoms with Crippen molar-refractivity contribution in [3.8, 4) is 5.75 Å². The highest BCUT2D eigenvalue weighted by Gasteiger charge is 1.99. The van der Waals surface area contributed by atoms with Gasteiger partial charge in [-0.1, -0.05) is 42.5 Å². The standard InChI is InChI=1S/C17H20O2/c1-14(18)7-8-15-9-11-17(12-10-15)19-13-16-5-3-2-4-6-16/h2-6,9-12,14,18H,7-8,13H2,1H3/t14-/m0/s1. The van der Waals surface area contributed by atoms with Gasteiger partial charge >= 0.3 is 0 Å². The van der Waals surface area contributed by atoms with Crippen LogP contribution in [-0.4, -0.2) is 11.2 Å². The minimum Gasteiger partial charge on any atom is -0.489 e. The number of ether oxygens (including phenoxy) is 1. The Morgan fingerprint density at radius 3 is 2.26 bits per heavy atom. The highest BCUT2D eigenvalue weighted by molar-refractivity contribution is 5.28. The van der Waals surface area contributed by atoms with Crippen molar-refractivity contribution in [2.45, 2.75) is 32.5 Å². The van der Waals surface area contributed by atoms with Crippen molar-refractivity contribution < 1.29 is 9.84 Å². The summed E-state index contributed by atoms with van der Waals surface area (Å²) in [5, 5.41) is 9.25. The third kappa shape index (κ3) is 4.76. The van der Waals surface area contributed by atoms with Gasteiger partial charge in [0.1, 0.15) is 12.4 Å². The van der Waals surface area contributed by atoms with Crippen molar-refractivity contribution in [3.05, 3.63) is 65.7 Å². The van der Waals surface area contributed by atoms with Crippen LogP contribution in [0.25, 0.3) is 0 Å². The number of aliphatic hydroxyl groups excluding tert-OH is 1. The van der Waals surface area contributed by atoms with Gasteiger partial charge in [-0.2, -0.15) is 0 Å². The minimum atomic E-state index is -0.242. The number of aryl methyl sites for hydroxylation is 1. The molecule has 0 aliphatic carbocycles. The molecule has 0 fully saturated rings. The van der Waals surface area contributed by atoms with Gasteiger partial charge in [0.25, 0.3) is 0 Å². The van der Waals surface area contributed by atoms with E-state index in [-0.39, 0.29) is 6.10 Å². The Balaban J connectivity index is 1.85. The van der Waals surface area contributed by atoms with E-state index in [2.05, 4.69) is 24.3 Å². The van der Waals surface area contributed by atoms with Gasteiger partial charge in [-0.3, -0.25) is 0 Å². The van der Waals surface area contributed by atoms with Gasteiger partial charge in [0, 0.05) is 0 Å². The number of benzene rings is 2. The Bertz CT molecular complexity index is 474. The number of hydrogen-bond acceptors (Lipinski definition) is 2. The first-order chi connectivity index (χ1) is 9.24. The van der Waals surface area contributed by atoms with Crippen LogP contribution in [-0.2, 0) is 13.0 Å². The molecular weight excluding hydrogens is 236 g/mol. The van der Waals surface area contributed by atoms with Crippen LogP contribution < -0.4 is 4.74 Å². The first-order valence-electron chi connectivity index (χ1n) is 6.68. The monoisotopic (exact) mass is 256 g/mol. The van der Waals surface area contributed by atoms with Crippen LogP contribution in [0.5, 0.6) is 5.75 Å². The van der Waals surface area contributed by atoms with E-state index in [9.17, 15) is 5.11 Å². The zero-order chi connectivity index (χ0) is 13.5. The maximum absolute atomic E-state index is 9.25. The highest BCUT2D eigenvalue weighted by atomic mass is 16.5. The zero-order valence-electron chi connectivity index (χ0n) is 11.3. The molecule has 0 unspecified atom stereocenters. The molecule has 2 rings (SSSR count). The summed E-state index contributed by atoms with van der Waals surface area (Å²) in [6.07, 6.45) is 1.45. The molecule has 1 atom stereocenters. The lowest BCUT2D eigenvalue weighted by molar-refractivity contribution is 0.185. The van der Waals surface area contributed by atoms with Crippen LogP contribution in [0.2, 0.25) is 0 Å². The maximum atomic E-state index is 9.25. The van der Waals surface area contributed by atoms with Crippen molar-refractivity contribution in [2.24, 2.45) is 0 Å². The molecule has 0 saturated heterocycles. The fourth-order valence-corrected chi connectivity index (χ4v) is 1.87. The smallest absolute Gasteiger partial charge is 0.119 e. The van der Waals surface area contributed by atoms with E-state index in [0.29, 0.717) is 6.61 Å². The summed E-state index contributed by atoms with van der Waals surface area (Å²) in [5.41, 5.74) is 2.40. The fourth-order valence-electron chi connectivity index (χ4n) is 1.87. The Labute approximate surface area is 114 Å². The molecule has 0 radical (unpaired) electrons. The predicted octanol–water partition coefficient (Wildman–Crippen LogP) is 3.58. The van der Waals surface area contributed by atoms with Gasteiger partial charge in [-0.25, -0.2) is 0 Å². The molecule has 2 heteroatoms. The number of rotatable bonds is 6. The summed E-state index contributed by atoms with van der Waals surface area (Å²) >= 11 is 0. The first-order valence-corrected chi connectivity index (χ1v) is 6.68. The van der Waals surface area contributed by atoms with Crippen LogP contribution in [0.15, 0.2) is 54.6 Å². The summed E-state index contributed by atoms with van der Waals surface area (Å²) < 4.78 is 5.72. The Hall–Kier alpha value is -1.80. The van der Waals surface area contributed by atoms with Crippen molar-refractivity contribution in [1.82, 2.24) is 0 Å². The van der Waals surface area contributed by atoms with E-state index in [1.165, 1.54) is 11.1 Å². The molecule has 0 aromatic heterocycles. The molecule has 100 valence electrons. The average molecular weight is 256 g/mol. The topological polar surface area (TPSA) is 29.5 Å². The third-order valence-corrected chi connectivity index (χ3v) is 3.02. The van der Waals surface area contributed by atoms with E-state index >= 15 is 0 Å². The summed E-state index contributed by atoms with van der Waals surface area (Å²) in [4.78, 5) is 0. The summed E-state index contributed by atoms with van der Waals surface area (Å²) in [5.74, 6) is 0.879. The molecule has 0 amide bonds. The molecule has 0 bridgehead atoms. The van der Waals surface area contributed by atoms with Gasteiger partial charge in [0.05, 0.1) is 6.10 Å². The SMILES string of the molecule is C[C@H](O)CCc1ccc(OCc2ccccc2)cc1. The molecule has 2 nitrogen and oxygen atoms in total. The molecule has 0 saturated carbocycles. The summed E-state index contributed by atoms with van der Waals surface area (Å²) in [6, 6.07) is 18.2. The molecule has 0 heterocycles. The van der Waals surface area contributed by atoms with Crippen molar-refractivity contribution in [3.63, 3.8) is 0 Å². The quantitative estimate of drug-likeness (QED) is 0.856. The Morgan fingerprint density at radius 1 is 0.947 bits per heavy atom. The van der Waals surface area contributed by atoms with E-state index < -0.39 is 0 Å². The lowest BCUT2D eigenvalue weighted by Gasteiger charge is -2.08. The second-order valence-electron chi connectivity index (χ2n) is 4.81. The second-order valence-corrected chi connectivity index (χ2v) is 4.81. The molecule has 0 spiro atoms.